The monoisotopic (exact) mass is 735 g/mol. The molecule has 1 heterocycles. The molecule has 0 aliphatic carbocycles. The number of primary amides is 1. The number of amides is 7. The van der Waals surface area contributed by atoms with Crippen molar-refractivity contribution in [3.05, 3.63) is 0 Å². The van der Waals surface area contributed by atoms with Crippen LogP contribution in [0, 0.1) is 5.41 Å². The lowest BCUT2D eigenvalue weighted by Gasteiger charge is -2.29. The van der Waals surface area contributed by atoms with E-state index in [9.17, 15) is 48.6 Å². The molecule has 6 atom stereocenters. The number of aliphatic carboxylic acids is 1. The molecule has 49 heavy (non-hydrogen) atoms. The SMILES string of the molecule is N=C(N)NCCCC(NC(=O)C(N)CS)C(=O)NCC(=O)NC(CC(=O)O)C(=O)NC(CO)C(=O)N1CCC[C@H]1C(=O)NC(CS)C(N)=O. The minimum Gasteiger partial charge on any atom is -0.481 e. The van der Waals surface area contributed by atoms with Crippen molar-refractivity contribution >= 4 is 78.5 Å². The lowest BCUT2D eigenvalue weighted by molar-refractivity contribution is -0.144. The van der Waals surface area contributed by atoms with Crippen LogP contribution in [0.25, 0.3) is 0 Å². The summed E-state index contributed by atoms with van der Waals surface area (Å²) in [6.45, 7) is -1.46. The van der Waals surface area contributed by atoms with Gasteiger partial charge in [-0.1, -0.05) is 0 Å². The Kier molecular flexibility index (Phi) is 18.8. The van der Waals surface area contributed by atoms with E-state index < -0.39 is 103 Å². The average molecular weight is 736 g/mol. The van der Waals surface area contributed by atoms with Crippen molar-refractivity contribution < 1.29 is 48.6 Å². The Bertz CT molecular complexity index is 1240. The number of aliphatic hydroxyl groups is 1. The van der Waals surface area contributed by atoms with Crippen molar-refractivity contribution in [3.63, 3.8) is 0 Å². The first kappa shape index (κ1) is 42.7. The number of likely N-dealkylation sites (tertiary alicyclic amines) is 1. The Morgan fingerprint density at radius 2 is 1.51 bits per heavy atom. The van der Waals surface area contributed by atoms with Gasteiger partial charge in [-0.2, -0.15) is 25.3 Å². The summed E-state index contributed by atoms with van der Waals surface area (Å²) >= 11 is 7.90. The fraction of sp³-hybridized carbons (Fsp3) is 0.654. The lowest BCUT2D eigenvalue weighted by Crippen LogP contribution is -2.59. The number of carbonyl (C=O) groups excluding carboxylic acids is 7. The number of aliphatic hydroxyl groups excluding tert-OH is 1. The zero-order valence-corrected chi connectivity index (χ0v) is 28.3. The van der Waals surface area contributed by atoms with Gasteiger partial charge in [0.25, 0.3) is 0 Å². The van der Waals surface area contributed by atoms with E-state index in [4.69, 9.17) is 22.6 Å². The van der Waals surface area contributed by atoms with Gasteiger partial charge in [-0.3, -0.25) is 43.8 Å². The predicted octanol–water partition coefficient (Wildman–Crippen LogP) is -6.56. The van der Waals surface area contributed by atoms with E-state index in [2.05, 4.69) is 57.2 Å². The second-order valence-electron chi connectivity index (χ2n) is 10.8. The van der Waals surface area contributed by atoms with Crippen LogP contribution in [-0.2, 0) is 38.4 Å². The molecule has 1 fully saturated rings. The minimum absolute atomic E-state index is 0.0219. The summed E-state index contributed by atoms with van der Waals surface area (Å²) in [7, 11) is 0. The van der Waals surface area contributed by atoms with Crippen molar-refractivity contribution in [1.29, 1.82) is 5.41 Å². The molecule has 0 spiro atoms. The fourth-order valence-electron chi connectivity index (χ4n) is 4.52. The van der Waals surface area contributed by atoms with Gasteiger partial charge in [0.05, 0.1) is 25.6 Å². The van der Waals surface area contributed by atoms with Crippen LogP contribution in [-0.4, -0.2) is 142 Å². The van der Waals surface area contributed by atoms with E-state index in [0.717, 1.165) is 4.90 Å². The summed E-state index contributed by atoms with van der Waals surface area (Å²) in [5.74, 6) is -8.05. The normalized spacial score (nSPS) is 16.9. The number of hydrogen-bond donors (Lipinski definition) is 14. The van der Waals surface area contributed by atoms with Gasteiger partial charge in [-0.05, 0) is 25.7 Å². The van der Waals surface area contributed by atoms with Crippen LogP contribution in [0.4, 0.5) is 0 Å². The van der Waals surface area contributed by atoms with Crippen LogP contribution in [0.5, 0.6) is 0 Å². The molecule has 7 amide bonds. The highest BCUT2D eigenvalue weighted by molar-refractivity contribution is 7.80. The standard InChI is InChI=1S/C26H45N11O10S2/c27-12(10-48)21(43)34-13(3-1-5-31-26(29)30)22(44)32-8-18(39)33-14(7-19(40)41)23(45)35-15(9-38)25(47)37-6-2-4-17(37)24(46)36-16(11-49)20(28)42/h12-17,38,48-49H,1-11,27H2,(H2,28,42)(H,32,44)(H,33,39)(H,34,43)(H,35,45)(H,36,46)(H,40,41)(H4,29,30,31)/t12?,13?,14?,15?,16?,17-/m0/s1. The van der Waals surface area contributed by atoms with Gasteiger partial charge in [0.2, 0.25) is 41.4 Å². The van der Waals surface area contributed by atoms with Crippen molar-refractivity contribution in [2.45, 2.75) is 68.4 Å². The molecule has 0 saturated carbocycles. The van der Waals surface area contributed by atoms with Gasteiger partial charge >= 0.3 is 5.97 Å². The van der Waals surface area contributed by atoms with Crippen LogP contribution in [0.1, 0.15) is 32.1 Å². The van der Waals surface area contributed by atoms with Crippen molar-refractivity contribution in [2.24, 2.45) is 17.2 Å². The number of rotatable bonds is 21. The lowest BCUT2D eigenvalue weighted by atomic mass is 10.1. The molecule has 5 unspecified atom stereocenters. The molecule has 0 aromatic heterocycles. The molecule has 1 saturated heterocycles. The maximum atomic E-state index is 13.2. The molecule has 276 valence electrons. The zero-order valence-electron chi connectivity index (χ0n) is 26.5. The Hall–Kier alpha value is -4.35. The highest BCUT2D eigenvalue weighted by Crippen LogP contribution is 2.19. The Morgan fingerprint density at radius 1 is 0.857 bits per heavy atom. The van der Waals surface area contributed by atoms with Crippen molar-refractivity contribution in [1.82, 2.24) is 36.8 Å². The number of carbonyl (C=O) groups is 8. The van der Waals surface area contributed by atoms with E-state index in [1.807, 2.05) is 0 Å². The molecular formula is C26H45N11O10S2. The third kappa shape index (κ3) is 14.7. The van der Waals surface area contributed by atoms with Crippen LogP contribution >= 0.6 is 25.3 Å². The first-order valence-corrected chi connectivity index (χ1v) is 16.3. The van der Waals surface area contributed by atoms with Gasteiger partial charge in [-0.15, -0.1) is 0 Å². The Labute approximate surface area is 292 Å². The number of carboxylic acid groups (broad SMARTS) is 1. The molecule has 0 aromatic carbocycles. The third-order valence-electron chi connectivity index (χ3n) is 7.08. The second-order valence-corrected chi connectivity index (χ2v) is 11.6. The van der Waals surface area contributed by atoms with Gasteiger partial charge in [0, 0.05) is 24.6 Å². The molecule has 1 aliphatic rings. The molecule has 1 rings (SSSR count). The van der Waals surface area contributed by atoms with E-state index >= 15 is 0 Å². The van der Waals surface area contributed by atoms with Gasteiger partial charge in [0.15, 0.2) is 5.96 Å². The third-order valence-corrected chi connectivity index (χ3v) is 7.84. The summed E-state index contributed by atoms with van der Waals surface area (Å²) < 4.78 is 0. The van der Waals surface area contributed by atoms with Crippen LogP contribution in [0.15, 0.2) is 0 Å². The summed E-state index contributed by atoms with van der Waals surface area (Å²) in [4.78, 5) is 101. The number of guanidine groups is 1. The highest BCUT2D eigenvalue weighted by atomic mass is 32.1. The van der Waals surface area contributed by atoms with Gasteiger partial charge < -0.3 is 64.2 Å². The van der Waals surface area contributed by atoms with E-state index in [1.165, 1.54) is 0 Å². The molecule has 0 bridgehead atoms. The number of carboxylic acids is 1. The first-order chi connectivity index (χ1) is 23.1. The molecule has 0 radical (unpaired) electrons. The van der Waals surface area contributed by atoms with Crippen LogP contribution < -0.4 is 49.1 Å². The summed E-state index contributed by atoms with van der Waals surface area (Å²) in [6, 6.07) is -7.80. The first-order valence-electron chi connectivity index (χ1n) is 15.0. The molecular weight excluding hydrogens is 690 g/mol. The van der Waals surface area contributed by atoms with E-state index in [0.29, 0.717) is 6.42 Å². The molecule has 1 aliphatic heterocycles. The van der Waals surface area contributed by atoms with E-state index in [-0.39, 0.29) is 49.8 Å². The van der Waals surface area contributed by atoms with E-state index in [1.54, 1.807) is 0 Å². The predicted molar refractivity (Wildman–Crippen MR) is 179 cm³/mol. The van der Waals surface area contributed by atoms with Crippen molar-refractivity contribution in [3.8, 4) is 0 Å². The Balaban J connectivity index is 2.93. The number of hydrogen-bond acceptors (Lipinski definition) is 13. The maximum Gasteiger partial charge on any atom is 0.305 e. The fourth-order valence-corrected chi connectivity index (χ4v) is 4.95. The van der Waals surface area contributed by atoms with Crippen LogP contribution in [0.2, 0.25) is 0 Å². The number of nitrogens with two attached hydrogens (primary N) is 3. The quantitative estimate of drug-likeness (QED) is 0.0226. The summed E-state index contributed by atoms with van der Waals surface area (Å²) in [5.41, 5.74) is 16.1. The van der Waals surface area contributed by atoms with Gasteiger partial charge in [0.1, 0.15) is 30.2 Å². The molecule has 21 nitrogen and oxygen atoms in total. The average Bonchev–Trinajstić information content (AvgIpc) is 3.54. The minimum atomic E-state index is -1.77. The molecule has 0 aromatic rings. The number of nitrogens with one attached hydrogen (secondary N) is 7. The van der Waals surface area contributed by atoms with Gasteiger partial charge in [-0.25, -0.2) is 0 Å². The number of thiol groups is 2. The second kappa shape index (κ2) is 21.6. The van der Waals surface area contributed by atoms with Crippen LogP contribution in [0.3, 0.4) is 0 Å². The molecule has 15 N–H and O–H groups in total. The summed E-state index contributed by atoms with van der Waals surface area (Å²) in [6.07, 6.45) is -0.0668. The maximum absolute atomic E-state index is 13.2. The topological polar surface area (TPSA) is 354 Å². The Morgan fingerprint density at radius 3 is 2.06 bits per heavy atom. The van der Waals surface area contributed by atoms with Crippen molar-refractivity contribution in [2.75, 3.05) is 37.7 Å². The summed E-state index contributed by atoms with van der Waals surface area (Å²) in [5, 5.41) is 40.4. The molecule has 23 heteroatoms. The smallest absolute Gasteiger partial charge is 0.305 e. The highest BCUT2D eigenvalue weighted by Gasteiger charge is 2.39. The number of nitrogens with zero attached hydrogens (tertiary/aromatic N) is 1. The zero-order chi connectivity index (χ0) is 37.3. The largest absolute Gasteiger partial charge is 0.481 e.